The summed E-state index contributed by atoms with van der Waals surface area (Å²) in [5, 5.41) is 11.5. The fourth-order valence-electron chi connectivity index (χ4n) is 2.22. The molecule has 0 saturated heterocycles. The average Bonchev–Trinajstić information content (AvgIpc) is 3.24. The highest BCUT2D eigenvalue weighted by Gasteiger charge is 2.10. The van der Waals surface area contributed by atoms with Crippen LogP contribution in [0.5, 0.6) is 0 Å². The first-order chi connectivity index (χ1) is 11.6. The molecule has 1 aromatic carbocycles. The van der Waals surface area contributed by atoms with E-state index in [1.165, 1.54) is 17.3 Å². The number of benzene rings is 1. The maximum atomic E-state index is 12.1. The molecule has 3 rings (SSSR count). The number of hydrogen-bond donors (Lipinski definition) is 1. The third kappa shape index (κ3) is 3.86. The summed E-state index contributed by atoms with van der Waals surface area (Å²) >= 11 is 1.34. The number of carbonyl (C=O) groups is 1. The molecule has 6 nitrogen and oxygen atoms in total. The van der Waals surface area contributed by atoms with Crippen LogP contribution >= 0.6 is 11.8 Å². The Balaban J connectivity index is 1.57. The standard InChI is InChI=1S/C17H19N5OS/c1-13(2)14-5-7-15(8-6-14)19-16(23)11-24-17-20-18-12-22(17)21-9-3-4-10-21/h3-10,12-13H,11H2,1-2H3,(H,19,23). The number of anilines is 1. The Hall–Kier alpha value is -2.54. The van der Waals surface area contributed by atoms with Crippen LogP contribution in [0.3, 0.4) is 0 Å². The van der Waals surface area contributed by atoms with Crippen molar-refractivity contribution in [2.45, 2.75) is 24.9 Å². The van der Waals surface area contributed by atoms with Crippen LogP contribution in [0.1, 0.15) is 25.3 Å². The van der Waals surface area contributed by atoms with E-state index in [4.69, 9.17) is 0 Å². The summed E-state index contributed by atoms with van der Waals surface area (Å²) in [6.07, 6.45) is 5.40. The van der Waals surface area contributed by atoms with Crippen LogP contribution in [0.25, 0.3) is 0 Å². The second-order valence-electron chi connectivity index (χ2n) is 5.63. The van der Waals surface area contributed by atoms with E-state index in [0.29, 0.717) is 11.1 Å². The Morgan fingerprint density at radius 3 is 2.58 bits per heavy atom. The van der Waals surface area contributed by atoms with Crippen LogP contribution in [0.15, 0.2) is 60.3 Å². The summed E-state index contributed by atoms with van der Waals surface area (Å²) in [5.74, 6) is 0.677. The van der Waals surface area contributed by atoms with Gasteiger partial charge < -0.3 is 5.32 Å². The van der Waals surface area contributed by atoms with Gasteiger partial charge in [-0.2, -0.15) is 0 Å². The van der Waals surface area contributed by atoms with E-state index in [9.17, 15) is 4.79 Å². The Morgan fingerprint density at radius 2 is 1.92 bits per heavy atom. The van der Waals surface area contributed by atoms with E-state index < -0.39 is 0 Å². The van der Waals surface area contributed by atoms with Crippen LogP contribution in [0.4, 0.5) is 5.69 Å². The minimum Gasteiger partial charge on any atom is -0.325 e. The molecule has 3 aromatic rings. The smallest absolute Gasteiger partial charge is 0.234 e. The fourth-order valence-corrected chi connectivity index (χ4v) is 2.93. The van der Waals surface area contributed by atoms with Gasteiger partial charge >= 0.3 is 0 Å². The van der Waals surface area contributed by atoms with Gasteiger partial charge in [0.1, 0.15) is 6.33 Å². The molecule has 0 atom stereocenters. The Kier molecular flexibility index (Phi) is 5.00. The lowest BCUT2D eigenvalue weighted by atomic mass is 10.0. The first-order valence-electron chi connectivity index (χ1n) is 7.70. The Labute approximate surface area is 144 Å². The van der Waals surface area contributed by atoms with Gasteiger partial charge in [-0.1, -0.05) is 37.7 Å². The van der Waals surface area contributed by atoms with Crippen LogP contribution in [-0.2, 0) is 4.79 Å². The molecule has 0 fully saturated rings. The molecule has 1 amide bonds. The van der Waals surface area contributed by atoms with Gasteiger partial charge in [0.15, 0.2) is 0 Å². The highest BCUT2D eigenvalue weighted by atomic mass is 32.2. The predicted molar refractivity (Wildman–Crippen MR) is 95.1 cm³/mol. The van der Waals surface area contributed by atoms with Crippen molar-refractivity contribution in [1.82, 2.24) is 19.5 Å². The molecule has 2 aromatic heterocycles. The molecule has 0 unspecified atom stereocenters. The number of aromatic nitrogens is 4. The molecule has 24 heavy (non-hydrogen) atoms. The number of rotatable bonds is 6. The van der Waals surface area contributed by atoms with Gasteiger partial charge in [0, 0.05) is 18.1 Å². The lowest BCUT2D eigenvalue weighted by Crippen LogP contribution is -2.15. The first kappa shape index (κ1) is 16.3. The number of amides is 1. The van der Waals surface area contributed by atoms with Crippen LogP contribution in [0, 0.1) is 0 Å². The number of carbonyl (C=O) groups excluding carboxylic acids is 1. The number of nitrogens with zero attached hydrogens (tertiary/aromatic N) is 4. The number of nitrogens with one attached hydrogen (secondary N) is 1. The molecule has 0 aliphatic rings. The van der Waals surface area contributed by atoms with Crippen molar-refractivity contribution in [2.24, 2.45) is 0 Å². The maximum Gasteiger partial charge on any atom is 0.234 e. The summed E-state index contributed by atoms with van der Waals surface area (Å²) < 4.78 is 3.64. The zero-order valence-electron chi connectivity index (χ0n) is 13.6. The van der Waals surface area contributed by atoms with E-state index in [0.717, 1.165) is 5.69 Å². The highest BCUT2D eigenvalue weighted by molar-refractivity contribution is 7.99. The third-order valence-corrected chi connectivity index (χ3v) is 4.46. The molecule has 0 aliphatic heterocycles. The number of hydrogen-bond acceptors (Lipinski definition) is 4. The fraction of sp³-hybridized carbons (Fsp3) is 0.235. The molecular weight excluding hydrogens is 322 g/mol. The van der Waals surface area contributed by atoms with Crippen LogP contribution in [0.2, 0.25) is 0 Å². The average molecular weight is 341 g/mol. The van der Waals surface area contributed by atoms with Gasteiger partial charge in [-0.3, -0.25) is 9.47 Å². The summed E-state index contributed by atoms with van der Waals surface area (Å²) in [4.78, 5) is 12.1. The lowest BCUT2D eigenvalue weighted by Gasteiger charge is -2.09. The van der Waals surface area contributed by atoms with Gasteiger partial charge in [-0.05, 0) is 35.7 Å². The van der Waals surface area contributed by atoms with Crippen molar-refractivity contribution in [2.75, 3.05) is 11.1 Å². The molecule has 7 heteroatoms. The van der Waals surface area contributed by atoms with E-state index in [-0.39, 0.29) is 11.7 Å². The second-order valence-corrected chi connectivity index (χ2v) is 6.58. The number of thioether (sulfide) groups is 1. The van der Waals surface area contributed by atoms with Gasteiger partial charge in [0.2, 0.25) is 11.1 Å². The molecule has 0 radical (unpaired) electrons. The minimum absolute atomic E-state index is 0.0700. The van der Waals surface area contributed by atoms with E-state index in [2.05, 4.69) is 29.4 Å². The summed E-state index contributed by atoms with van der Waals surface area (Å²) in [5.41, 5.74) is 2.05. The van der Waals surface area contributed by atoms with Crippen molar-refractivity contribution in [3.05, 3.63) is 60.7 Å². The summed E-state index contributed by atoms with van der Waals surface area (Å²) in [6.45, 7) is 4.29. The normalized spacial score (nSPS) is 11.0. The Morgan fingerprint density at radius 1 is 1.21 bits per heavy atom. The molecule has 124 valence electrons. The predicted octanol–water partition coefficient (Wildman–Crippen LogP) is 3.25. The molecule has 2 heterocycles. The largest absolute Gasteiger partial charge is 0.325 e. The Bertz CT molecular complexity index is 793. The minimum atomic E-state index is -0.0700. The van der Waals surface area contributed by atoms with Crippen molar-refractivity contribution in [1.29, 1.82) is 0 Å². The van der Waals surface area contributed by atoms with Crippen molar-refractivity contribution < 1.29 is 4.79 Å². The van der Waals surface area contributed by atoms with E-state index in [1.807, 2.05) is 53.5 Å². The molecule has 1 N–H and O–H groups in total. The van der Waals surface area contributed by atoms with Crippen molar-refractivity contribution in [3.8, 4) is 0 Å². The topological polar surface area (TPSA) is 64.7 Å². The monoisotopic (exact) mass is 341 g/mol. The van der Waals surface area contributed by atoms with Gasteiger partial charge in [-0.15, -0.1) is 10.2 Å². The zero-order chi connectivity index (χ0) is 16.9. The van der Waals surface area contributed by atoms with Crippen molar-refractivity contribution >= 4 is 23.4 Å². The van der Waals surface area contributed by atoms with Gasteiger partial charge in [0.25, 0.3) is 0 Å². The molecule has 0 aliphatic carbocycles. The molecular formula is C17H19N5OS. The van der Waals surface area contributed by atoms with Gasteiger partial charge in [-0.25, -0.2) is 4.68 Å². The van der Waals surface area contributed by atoms with Crippen LogP contribution in [-0.4, -0.2) is 31.2 Å². The second kappa shape index (κ2) is 7.35. The molecule has 0 bridgehead atoms. The third-order valence-electron chi connectivity index (χ3n) is 3.53. The summed E-state index contributed by atoms with van der Waals surface area (Å²) in [7, 11) is 0. The quantitative estimate of drug-likeness (QED) is 0.699. The first-order valence-corrected chi connectivity index (χ1v) is 8.68. The SMILES string of the molecule is CC(C)c1ccc(NC(=O)CSc2nncn2-n2cccc2)cc1. The maximum absolute atomic E-state index is 12.1. The zero-order valence-corrected chi connectivity index (χ0v) is 14.4. The van der Waals surface area contributed by atoms with Crippen LogP contribution < -0.4 is 5.32 Å². The van der Waals surface area contributed by atoms with E-state index >= 15 is 0 Å². The van der Waals surface area contributed by atoms with E-state index in [1.54, 1.807) is 11.0 Å². The lowest BCUT2D eigenvalue weighted by molar-refractivity contribution is -0.113. The summed E-state index contributed by atoms with van der Waals surface area (Å²) in [6, 6.07) is 11.8. The highest BCUT2D eigenvalue weighted by Crippen LogP contribution is 2.18. The molecule has 0 spiro atoms. The molecule has 0 saturated carbocycles. The van der Waals surface area contributed by atoms with Gasteiger partial charge in [0.05, 0.1) is 5.75 Å². The van der Waals surface area contributed by atoms with Crippen molar-refractivity contribution in [3.63, 3.8) is 0 Å².